The predicted molar refractivity (Wildman–Crippen MR) is 56.8 cm³/mol. The Bertz CT molecular complexity index is 311. The summed E-state index contributed by atoms with van der Waals surface area (Å²) in [7, 11) is 0. The van der Waals surface area contributed by atoms with E-state index in [4.69, 9.17) is 5.11 Å². The van der Waals surface area contributed by atoms with Crippen LogP contribution in [0.2, 0.25) is 0 Å². The molecule has 5 heteroatoms. The van der Waals surface area contributed by atoms with Crippen LogP contribution in [0.3, 0.4) is 0 Å². The smallest absolute Gasteiger partial charge is 0.303 e. The Morgan fingerprint density at radius 2 is 2.25 bits per heavy atom. The zero-order valence-electron chi connectivity index (χ0n) is 8.96. The number of carboxylic acids is 1. The maximum Gasteiger partial charge on any atom is 0.303 e. The molecule has 0 aromatic heterocycles. The lowest BCUT2D eigenvalue weighted by Crippen LogP contribution is -2.33. The number of carbonyl (C=O) groups excluding carboxylic acids is 2. The Balaban J connectivity index is 2.33. The summed E-state index contributed by atoms with van der Waals surface area (Å²) in [5, 5.41) is 8.40. The first kappa shape index (κ1) is 12.4. The van der Waals surface area contributed by atoms with Gasteiger partial charge in [-0.05, 0) is 12.8 Å². The molecule has 1 amide bonds. The van der Waals surface area contributed by atoms with Crippen molar-refractivity contribution in [1.29, 1.82) is 0 Å². The first-order valence-corrected chi connectivity index (χ1v) is 5.26. The van der Waals surface area contributed by atoms with E-state index >= 15 is 0 Å². The predicted octanol–water partition coefficient (Wildman–Crippen LogP) is 0.597. The third kappa shape index (κ3) is 3.49. The van der Waals surface area contributed by atoms with Crippen molar-refractivity contribution < 1.29 is 19.5 Å². The van der Waals surface area contributed by atoms with Gasteiger partial charge in [0, 0.05) is 19.4 Å². The molecule has 1 atom stereocenters. The molecule has 0 bridgehead atoms. The normalized spacial score (nSPS) is 20.6. The molecule has 0 saturated carbocycles. The van der Waals surface area contributed by atoms with Gasteiger partial charge in [-0.2, -0.15) is 0 Å². The number of aldehydes is 1. The van der Waals surface area contributed by atoms with Gasteiger partial charge in [-0.1, -0.05) is 12.2 Å². The van der Waals surface area contributed by atoms with Crippen LogP contribution >= 0.6 is 0 Å². The Morgan fingerprint density at radius 3 is 2.88 bits per heavy atom. The fourth-order valence-electron chi connectivity index (χ4n) is 1.65. The average molecular weight is 225 g/mol. The van der Waals surface area contributed by atoms with Gasteiger partial charge in [0.2, 0.25) is 5.91 Å². The second-order valence-electron chi connectivity index (χ2n) is 3.69. The quantitative estimate of drug-likeness (QED) is 0.530. The molecule has 0 aliphatic carbocycles. The minimum absolute atomic E-state index is 0.0139. The number of amides is 1. The van der Waals surface area contributed by atoms with E-state index in [0.29, 0.717) is 25.8 Å². The molecule has 1 heterocycles. The lowest BCUT2D eigenvalue weighted by atomic mass is 10.2. The van der Waals surface area contributed by atoms with E-state index in [1.807, 2.05) is 0 Å². The summed E-state index contributed by atoms with van der Waals surface area (Å²) < 4.78 is 0. The Labute approximate surface area is 93.7 Å². The molecule has 0 spiro atoms. The van der Waals surface area contributed by atoms with Crippen LogP contribution in [0.4, 0.5) is 0 Å². The van der Waals surface area contributed by atoms with Gasteiger partial charge in [-0.15, -0.1) is 0 Å². The van der Waals surface area contributed by atoms with Crippen LogP contribution in [-0.2, 0) is 14.4 Å². The van der Waals surface area contributed by atoms with Gasteiger partial charge < -0.3 is 14.8 Å². The highest BCUT2D eigenvalue weighted by atomic mass is 16.4. The topological polar surface area (TPSA) is 74.7 Å². The molecule has 1 aliphatic heterocycles. The minimum Gasteiger partial charge on any atom is -0.481 e. The lowest BCUT2D eigenvalue weighted by Gasteiger charge is -2.18. The number of hydrogen-bond donors (Lipinski definition) is 1. The third-order valence-corrected chi connectivity index (χ3v) is 2.53. The van der Waals surface area contributed by atoms with Crippen LogP contribution < -0.4 is 0 Å². The lowest BCUT2D eigenvalue weighted by molar-refractivity contribution is -0.137. The number of allylic oxidation sites excluding steroid dienone is 1. The van der Waals surface area contributed by atoms with E-state index in [-0.39, 0.29) is 18.4 Å². The van der Waals surface area contributed by atoms with Crippen molar-refractivity contribution >= 4 is 18.2 Å². The average Bonchev–Trinajstić information content (AvgIpc) is 2.59. The summed E-state index contributed by atoms with van der Waals surface area (Å²) in [5.41, 5.74) is 0. The van der Waals surface area contributed by atoms with Crippen LogP contribution in [0.5, 0.6) is 0 Å². The van der Waals surface area contributed by atoms with E-state index in [2.05, 4.69) is 0 Å². The summed E-state index contributed by atoms with van der Waals surface area (Å²) in [6, 6.07) is -0.309. The first-order chi connectivity index (χ1) is 7.65. The summed E-state index contributed by atoms with van der Waals surface area (Å²) in [4.78, 5) is 33.7. The Morgan fingerprint density at radius 1 is 1.50 bits per heavy atom. The Kier molecular flexibility index (Phi) is 4.69. The molecule has 88 valence electrons. The number of rotatable bonds is 6. The van der Waals surface area contributed by atoms with E-state index in [1.54, 1.807) is 12.2 Å². The van der Waals surface area contributed by atoms with Crippen molar-refractivity contribution in [1.82, 2.24) is 4.90 Å². The molecule has 16 heavy (non-hydrogen) atoms. The van der Waals surface area contributed by atoms with Crippen molar-refractivity contribution in [2.24, 2.45) is 0 Å². The minimum atomic E-state index is -0.840. The number of carbonyl (C=O) groups is 3. The van der Waals surface area contributed by atoms with Gasteiger partial charge >= 0.3 is 5.97 Å². The van der Waals surface area contributed by atoms with Gasteiger partial charge in [-0.3, -0.25) is 9.59 Å². The standard InChI is InChI=1S/C11H15NO4/c13-8-9-5-6-10(14)12(9)7-3-1-2-4-11(15)16/h1,3,8-9H,2,4-7H2,(H,15,16)/b3-1-. The molecule has 0 radical (unpaired) electrons. The van der Waals surface area contributed by atoms with Crippen LogP contribution in [0.15, 0.2) is 12.2 Å². The molecule has 1 fully saturated rings. The van der Waals surface area contributed by atoms with Crippen molar-refractivity contribution in [3.05, 3.63) is 12.2 Å². The summed E-state index contributed by atoms with van der Waals surface area (Å²) in [5.74, 6) is -0.854. The summed E-state index contributed by atoms with van der Waals surface area (Å²) in [6.45, 7) is 0.391. The second-order valence-corrected chi connectivity index (χ2v) is 3.69. The highest BCUT2D eigenvalue weighted by Gasteiger charge is 2.29. The molecular weight excluding hydrogens is 210 g/mol. The fraction of sp³-hybridized carbons (Fsp3) is 0.545. The number of carboxylic acid groups (broad SMARTS) is 1. The molecule has 1 rings (SSSR count). The van der Waals surface area contributed by atoms with Crippen molar-refractivity contribution in [2.45, 2.75) is 31.7 Å². The van der Waals surface area contributed by atoms with Gasteiger partial charge in [-0.25, -0.2) is 0 Å². The largest absolute Gasteiger partial charge is 0.481 e. The first-order valence-electron chi connectivity index (χ1n) is 5.26. The number of aliphatic carboxylic acids is 1. The summed E-state index contributed by atoms with van der Waals surface area (Å²) >= 11 is 0. The fourth-order valence-corrected chi connectivity index (χ4v) is 1.65. The SMILES string of the molecule is O=CC1CCC(=O)N1C/C=C\CCC(=O)O. The van der Waals surface area contributed by atoms with Gasteiger partial charge in [0.1, 0.15) is 6.29 Å². The van der Waals surface area contributed by atoms with Crippen molar-refractivity contribution in [2.75, 3.05) is 6.54 Å². The van der Waals surface area contributed by atoms with Crippen LogP contribution in [0.25, 0.3) is 0 Å². The molecule has 1 unspecified atom stereocenters. The molecule has 1 N–H and O–H groups in total. The number of hydrogen-bond acceptors (Lipinski definition) is 3. The van der Waals surface area contributed by atoms with Crippen LogP contribution in [0.1, 0.15) is 25.7 Å². The third-order valence-electron chi connectivity index (χ3n) is 2.53. The number of likely N-dealkylation sites (tertiary alicyclic amines) is 1. The van der Waals surface area contributed by atoms with E-state index in [1.165, 1.54) is 4.90 Å². The monoisotopic (exact) mass is 225 g/mol. The molecular formula is C11H15NO4. The van der Waals surface area contributed by atoms with Crippen molar-refractivity contribution in [3.8, 4) is 0 Å². The maximum absolute atomic E-state index is 11.4. The highest BCUT2D eigenvalue weighted by Crippen LogP contribution is 2.16. The molecule has 1 aliphatic rings. The van der Waals surface area contributed by atoms with Crippen LogP contribution in [-0.4, -0.2) is 40.8 Å². The molecule has 0 aromatic rings. The van der Waals surface area contributed by atoms with Gasteiger partial charge in [0.15, 0.2) is 0 Å². The maximum atomic E-state index is 11.4. The second kappa shape index (κ2) is 6.05. The molecule has 5 nitrogen and oxygen atoms in total. The van der Waals surface area contributed by atoms with Gasteiger partial charge in [0.25, 0.3) is 0 Å². The Hall–Kier alpha value is -1.65. The summed E-state index contributed by atoms with van der Waals surface area (Å²) in [6.07, 6.45) is 5.79. The van der Waals surface area contributed by atoms with E-state index in [0.717, 1.165) is 6.29 Å². The molecule has 0 aromatic carbocycles. The van der Waals surface area contributed by atoms with E-state index < -0.39 is 5.97 Å². The van der Waals surface area contributed by atoms with E-state index in [9.17, 15) is 14.4 Å². The zero-order chi connectivity index (χ0) is 12.0. The van der Waals surface area contributed by atoms with Crippen LogP contribution in [0, 0.1) is 0 Å². The molecule has 1 saturated heterocycles. The highest BCUT2D eigenvalue weighted by molar-refractivity contribution is 5.83. The zero-order valence-corrected chi connectivity index (χ0v) is 8.96. The number of nitrogens with zero attached hydrogens (tertiary/aromatic N) is 1. The van der Waals surface area contributed by atoms with Gasteiger partial charge in [0.05, 0.1) is 6.04 Å². The van der Waals surface area contributed by atoms with Crippen molar-refractivity contribution in [3.63, 3.8) is 0 Å².